The van der Waals surface area contributed by atoms with Crippen LogP contribution >= 0.6 is 24.0 Å². The van der Waals surface area contributed by atoms with Gasteiger partial charge in [-0.25, -0.2) is 9.38 Å². The average molecular weight is 549 g/mol. The first-order chi connectivity index (χ1) is 15.2. The fourth-order valence-corrected chi connectivity index (χ4v) is 4.28. The monoisotopic (exact) mass is 549 g/mol. The highest BCUT2D eigenvalue weighted by Crippen LogP contribution is 2.25. The van der Waals surface area contributed by atoms with Gasteiger partial charge in [-0.2, -0.15) is 5.26 Å². The van der Waals surface area contributed by atoms with Crippen LogP contribution in [-0.4, -0.2) is 60.7 Å². The number of likely N-dealkylation sites (tertiary alicyclic amines) is 1. The second kappa shape index (κ2) is 11.6. The van der Waals surface area contributed by atoms with Gasteiger partial charge in [0.25, 0.3) is 0 Å². The molecule has 2 aliphatic rings. The lowest BCUT2D eigenvalue weighted by Gasteiger charge is -2.36. The molecule has 2 atom stereocenters. The summed E-state index contributed by atoms with van der Waals surface area (Å²) in [6.45, 7) is 7.11. The van der Waals surface area contributed by atoms with E-state index >= 15 is 0 Å². The standard InChI is InChI=1S/C24H28FN5O.HI/c1-2-27-24(28-14-20-9-8-19(13-26)12-21(20)25)30-16-22-23(17-30)31-11-10-29(22)15-18-6-4-3-5-7-18;/h3-9,12,22-23H,2,10-11,14-17H2,1H3,(H,27,28);1H. The molecule has 2 aromatic carbocycles. The molecule has 0 spiro atoms. The third-order valence-electron chi connectivity index (χ3n) is 5.86. The predicted octanol–water partition coefficient (Wildman–Crippen LogP) is 3.37. The van der Waals surface area contributed by atoms with Crippen LogP contribution in [0.4, 0.5) is 4.39 Å². The van der Waals surface area contributed by atoms with E-state index in [-0.39, 0.29) is 36.6 Å². The fraction of sp³-hybridized carbons (Fsp3) is 0.417. The van der Waals surface area contributed by atoms with E-state index in [1.165, 1.54) is 11.6 Å². The van der Waals surface area contributed by atoms with Crippen molar-refractivity contribution in [3.05, 3.63) is 71.0 Å². The van der Waals surface area contributed by atoms with E-state index in [1.54, 1.807) is 12.1 Å². The number of halogens is 2. The summed E-state index contributed by atoms with van der Waals surface area (Å²) < 4.78 is 20.3. The number of nitriles is 1. The van der Waals surface area contributed by atoms with Crippen LogP contribution in [0.15, 0.2) is 53.5 Å². The zero-order chi connectivity index (χ0) is 21.6. The number of benzene rings is 2. The van der Waals surface area contributed by atoms with E-state index < -0.39 is 5.82 Å². The number of hydrogen-bond donors (Lipinski definition) is 1. The van der Waals surface area contributed by atoms with Gasteiger partial charge in [0.2, 0.25) is 0 Å². The van der Waals surface area contributed by atoms with Crippen molar-refractivity contribution in [2.75, 3.05) is 32.8 Å². The molecule has 2 fully saturated rings. The normalized spacial score (nSPS) is 20.9. The zero-order valence-corrected chi connectivity index (χ0v) is 20.5. The highest BCUT2D eigenvalue weighted by atomic mass is 127. The van der Waals surface area contributed by atoms with Crippen molar-refractivity contribution >= 4 is 29.9 Å². The summed E-state index contributed by atoms with van der Waals surface area (Å²) >= 11 is 0. The first-order valence-corrected chi connectivity index (χ1v) is 10.8. The second-order valence-corrected chi connectivity index (χ2v) is 7.93. The van der Waals surface area contributed by atoms with Gasteiger partial charge >= 0.3 is 0 Å². The fourth-order valence-electron chi connectivity index (χ4n) is 4.28. The zero-order valence-electron chi connectivity index (χ0n) is 18.2. The summed E-state index contributed by atoms with van der Waals surface area (Å²) in [6, 6.07) is 17.3. The minimum absolute atomic E-state index is 0. The molecule has 32 heavy (non-hydrogen) atoms. The van der Waals surface area contributed by atoms with E-state index in [1.807, 2.05) is 19.1 Å². The number of aliphatic imine (C=N–C) groups is 1. The van der Waals surface area contributed by atoms with Crippen molar-refractivity contribution in [2.24, 2.45) is 4.99 Å². The van der Waals surface area contributed by atoms with E-state index in [4.69, 9.17) is 10.00 Å². The Morgan fingerprint density at radius 2 is 2.06 bits per heavy atom. The number of morpholine rings is 1. The first kappa shape index (κ1) is 24.4. The van der Waals surface area contributed by atoms with Crippen molar-refractivity contribution in [2.45, 2.75) is 32.2 Å². The minimum Gasteiger partial charge on any atom is -0.373 e. The molecule has 0 saturated carbocycles. The Morgan fingerprint density at radius 1 is 1.25 bits per heavy atom. The van der Waals surface area contributed by atoms with Crippen molar-refractivity contribution in [1.29, 1.82) is 5.26 Å². The molecule has 2 aliphatic heterocycles. The molecule has 2 unspecified atom stereocenters. The van der Waals surface area contributed by atoms with Crippen LogP contribution in [0.5, 0.6) is 0 Å². The first-order valence-electron chi connectivity index (χ1n) is 10.8. The van der Waals surface area contributed by atoms with Gasteiger partial charge in [0, 0.05) is 38.3 Å². The van der Waals surface area contributed by atoms with Gasteiger partial charge in [0.15, 0.2) is 5.96 Å². The smallest absolute Gasteiger partial charge is 0.194 e. The van der Waals surface area contributed by atoms with Crippen LogP contribution < -0.4 is 5.32 Å². The minimum atomic E-state index is -0.397. The Labute approximate surface area is 206 Å². The Morgan fingerprint density at radius 3 is 2.78 bits per heavy atom. The van der Waals surface area contributed by atoms with E-state index in [0.717, 1.165) is 45.3 Å². The molecular weight excluding hydrogens is 520 g/mol. The van der Waals surface area contributed by atoms with Crippen molar-refractivity contribution in [1.82, 2.24) is 15.1 Å². The molecule has 170 valence electrons. The third-order valence-corrected chi connectivity index (χ3v) is 5.86. The van der Waals surface area contributed by atoms with Gasteiger partial charge in [-0.15, -0.1) is 24.0 Å². The maximum atomic E-state index is 14.3. The number of hydrogen-bond acceptors (Lipinski definition) is 4. The summed E-state index contributed by atoms with van der Waals surface area (Å²) in [7, 11) is 0. The lowest BCUT2D eigenvalue weighted by molar-refractivity contribution is -0.0502. The van der Waals surface area contributed by atoms with E-state index in [0.29, 0.717) is 17.2 Å². The van der Waals surface area contributed by atoms with Gasteiger partial charge in [-0.05, 0) is 24.6 Å². The van der Waals surface area contributed by atoms with Crippen molar-refractivity contribution < 1.29 is 9.13 Å². The number of ether oxygens (including phenoxy) is 1. The highest BCUT2D eigenvalue weighted by Gasteiger charge is 2.41. The lowest BCUT2D eigenvalue weighted by Crippen LogP contribution is -2.50. The number of nitrogens with zero attached hydrogens (tertiary/aromatic N) is 4. The number of fused-ring (bicyclic) bond motifs is 1. The Hall–Kier alpha value is -2.22. The van der Waals surface area contributed by atoms with E-state index in [9.17, 15) is 4.39 Å². The van der Waals surface area contributed by atoms with Crippen LogP contribution in [0.2, 0.25) is 0 Å². The molecule has 1 N–H and O–H groups in total. The van der Waals surface area contributed by atoms with Gasteiger partial charge in [-0.3, -0.25) is 4.90 Å². The Bertz CT molecular complexity index is 965. The molecule has 0 amide bonds. The molecule has 6 nitrogen and oxygen atoms in total. The van der Waals surface area contributed by atoms with Crippen molar-refractivity contribution in [3.63, 3.8) is 0 Å². The highest BCUT2D eigenvalue weighted by molar-refractivity contribution is 14.0. The Balaban J connectivity index is 0.00000289. The molecule has 0 aliphatic carbocycles. The molecule has 2 heterocycles. The largest absolute Gasteiger partial charge is 0.373 e. The molecular formula is C24H29FIN5O. The summed E-state index contributed by atoms with van der Waals surface area (Å²) in [5.74, 6) is 0.370. The van der Waals surface area contributed by atoms with Gasteiger partial charge in [0.05, 0.1) is 36.9 Å². The van der Waals surface area contributed by atoms with Gasteiger partial charge in [-0.1, -0.05) is 36.4 Å². The topological polar surface area (TPSA) is 63.9 Å². The molecule has 2 saturated heterocycles. The number of guanidine groups is 1. The van der Waals surface area contributed by atoms with Gasteiger partial charge in [0.1, 0.15) is 5.82 Å². The van der Waals surface area contributed by atoms with Gasteiger partial charge < -0.3 is 15.0 Å². The Kier molecular flexibility index (Phi) is 8.84. The summed E-state index contributed by atoms with van der Waals surface area (Å²) in [6.07, 6.45) is 0.132. The van der Waals surface area contributed by atoms with Crippen LogP contribution in [0.1, 0.15) is 23.6 Å². The molecule has 4 rings (SSSR count). The van der Waals surface area contributed by atoms with Crippen LogP contribution in [0, 0.1) is 17.1 Å². The maximum Gasteiger partial charge on any atom is 0.194 e. The maximum absolute atomic E-state index is 14.3. The van der Waals surface area contributed by atoms with Crippen molar-refractivity contribution in [3.8, 4) is 6.07 Å². The molecule has 0 aromatic heterocycles. The van der Waals surface area contributed by atoms with Crippen LogP contribution in [0.3, 0.4) is 0 Å². The molecule has 0 radical (unpaired) electrons. The summed E-state index contributed by atoms with van der Waals surface area (Å²) in [5, 5.41) is 12.3. The summed E-state index contributed by atoms with van der Waals surface area (Å²) in [4.78, 5) is 9.39. The van der Waals surface area contributed by atoms with Crippen LogP contribution in [-0.2, 0) is 17.8 Å². The quantitative estimate of drug-likeness (QED) is 0.352. The third kappa shape index (κ3) is 5.77. The molecule has 8 heteroatoms. The summed E-state index contributed by atoms with van der Waals surface area (Å²) in [5.41, 5.74) is 2.10. The van der Waals surface area contributed by atoms with Crippen LogP contribution in [0.25, 0.3) is 0 Å². The lowest BCUT2D eigenvalue weighted by atomic mass is 10.1. The average Bonchev–Trinajstić information content (AvgIpc) is 3.23. The van der Waals surface area contributed by atoms with E-state index in [2.05, 4.69) is 44.4 Å². The molecule has 0 bridgehead atoms. The SMILES string of the molecule is CCNC(=NCc1ccc(C#N)cc1F)N1CC2OCCN(Cc3ccccc3)C2C1.I. The predicted molar refractivity (Wildman–Crippen MR) is 133 cm³/mol. The second-order valence-electron chi connectivity index (χ2n) is 7.93. The molecule has 2 aromatic rings. The number of nitrogens with one attached hydrogen (secondary N) is 1. The number of rotatable bonds is 5.